The van der Waals surface area contributed by atoms with E-state index in [1.807, 2.05) is 0 Å². The van der Waals surface area contributed by atoms with E-state index in [0.717, 1.165) is 0 Å². The Bertz CT molecular complexity index is 826. The highest BCUT2D eigenvalue weighted by molar-refractivity contribution is 6.30. The number of hydrogen-bond acceptors (Lipinski definition) is 4. The SMILES string of the molecule is O=C(O)CCCCNc1cccc2c1C(=O)c1ccccc1C2=O. The first-order valence-electron chi connectivity index (χ1n) is 7.86. The number of unbranched alkanes of at least 4 members (excludes halogenated alkanes) is 1. The average Bonchev–Trinajstić information content (AvgIpc) is 2.59. The summed E-state index contributed by atoms with van der Waals surface area (Å²) in [5.41, 5.74) is 2.30. The largest absolute Gasteiger partial charge is 0.481 e. The van der Waals surface area contributed by atoms with Gasteiger partial charge in [0.25, 0.3) is 0 Å². The molecule has 24 heavy (non-hydrogen) atoms. The second-order valence-corrected chi connectivity index (χ2v) is 5.71. The maximum absolute atomic E-state index is 12.8. The molecule has 0 atom stereocenters. The van der Waals surface area contributed by atoms with Crippen LogP contribution in [0.2, 0.25) is 0 Å². The number of fused-ring (bicyclic) bond motifs is 2. The fourth-order valence-electron chi connectivity index (χ4n) is 2.92. The molecule has 0 fully saturated rings. The summed E-state index contributed by atoms with van der Waals surface area (Å²) in [6.07, 6.45) is 1.36. The first-order chi connectivity index (χ1) is 11.6. The molecule has 5 nitrogen and oxygen atoms in total. The molecule has 2 N–H and O–H groups in total. The number of carboxylic acid groups (broad SMARTS) is 1. The summed E-state index contributed by atoms with van der Waals surface area (Å²) in [6.45, 7) is 0.548. The number of aliphatic carboxylic acids is 1. The van der Waals surface area contributed by atoms with Crippen molar-refractivity contribution in [2.45, 2.75) is 19.3 Å². The number of ketones is 2. The number of carbonyl (C=O) groups excluding carboxylic acids is 2. The van der Waals surface area contributed by atoms with E-state index < -0.39 is 5.97 Å². The minimum absolute atomic E-state index is 0.124. The molecular formula is C19H17NO4. The third-order valence-electron chi connectivity index (χ3n) is 4.09. The molecule has 122 valence electrons. The zero-order valence-electron chi connectivity index (χ0n) is 13.0. The molecule has 0 aromatic heterocycles. The number of hydrogen-bond donors (Lipinski definition) is 2. The number of nitrogens with one attached hydrogen (secondary N) is 1. The summed E-state index contributed by atoms with van der Waals surface area (Å²) in [5, 5.41) is 11.8. The third-order valence-corrected chi connectivity index (χ3v) is 4.09. The molecule has 0 heterocycles. The smallest absolute Gasteiger partial charge is 0.303 e. The predicted octanol–water partition coefficient (Wildman–Crippen LogP) is 3.13. The van der Waals surface area contributed by atoms with Crippen LogP contribution in [0.5, 0.6) is 0 Å². The van der Waals surface area contributed by atoms with Crippen LogP contribution in [0.3, 0.4) is 0 Å². The normalized spacial score (nSPS) is 12.5. The van der Waals surface area contributed by atoms with Crippen molar-refractivity contribution < 1.29 is 19.5 Å². The van der Waals surface area contributed by atoms with Gasteiger partial charge in [0, 0.05) is 35.3 Å². The van der Waals surface area contributed by atoms with Crippen molar-refractivity contribution in [3.8, 4) is 0 Å². The first-order valence-corrected chi connectivity index (χ1v) is 7.86. The molecule has 5 heteroatoms. The van der Waals surface area contributed by atoms with E-state index in [4.69, 9.17) is 5.11 Å². The topological polar surface area (TPSA) is 83.5 Å². The molecular weight excluding hydrogens is 306 g/mol. The highest BCUT2D eigenvalue weighted by atomic mass is 16.4. The van der Waals surface area contributed by atoms with Crippen LogP contribution in [-0.2, 0) is 4.79 Å². The van der Waals surface area contributed by atoms with E-state index in [9.17, 15) is 14.4 Å². The maximum atomic E-state index is 12.8. The van der Waals surface area contributed by atoms with Crippen LogP contribution in [0.25, 0.3) is 0 Å². The molecule has 0 saturated heterocycles. The number of benzene rings is 2. The van der Waals surface area contributed by atoms with E-state index in [2.05, 4.69) is 5.32 Å². The molecule has 0 radical (unpaired) electrons. The number of rotatable bonds is 6. The van der Waals surface area contributed by atoms with Crippen molar-refractivity contribution in [1.29, 1.82) is 0 Å². The van der Waals surface area contributed by atoms with Crippen molar-refractivity contribution in [3.05, 3.63) is 64.7 Å². The molecule has 0 unspecified atom stereocenters. The molecule has 2 aromatic rings. The highest BCUT2D eigenvalue weighted by Crippen LogP contribution is 2.31. The Morgan fingerprint density at radius 3 is 2.25 bits per heavy atom. The second-order valence-electron chi connectivity index (χ2n) is 5.71. The van der Waals surface area contributed by atoms with Gasteiger partial charge in [-0.25, -0.2) is 0 Å². The van der Waals surface area contributed by atoms with Gasteiger partial charge in [-0.1, -0.05) is 36.4 Å². The van der Waals surface area contributed by atoms with Crippen LogP contribution in [0, 0.1) is 0 Å². The van der Waals surface area contributed by atoms with Crippen molar-refractivity contribution in [1.82, 2.24) is 0 Å². The summed E-state index contributed by atoms with van der Waals surface area (Å²) < 4.78 is 0. The van der Waals surface area contributed by atoms with Gasteiger partial charge < -0.3 is 10.4 Å². The van der Waals surface area contributed by atoms with Crippen LogP contribution < -0.4 is 5.32 Å². The molecule has 0 aliphatic heterocycles. The van der Waals surface area contributed by atoms with E-state index in [-0.39, 0.29) is 18.0 Å². The van der Waals surface area contributed by atoms with Crippen LogP contribution in [-0.4, -0.2) is 29.2 Å². The summed E-state index contributed by atoms with van der Waals surface area (Å²) in [7, 11) is 0. The zero-order chi connectivity index (χ0) is 17.1. The first kappa shape index (κ1) is 15.9. The van der Waals surface area contributed by atoms with E-state index >= 15 is 0 Å². The molecule has 0 spiro atoms. The zero-order valence-corrected chi connectivity index (χ0v) is 13.0. The van der Waals surface area contributed by atoms with E-state index in [1.54, 1.807) is 42.5 Å². The monoisotopic (exact) mass is 323 g/mol. The lowest BCUT2D eigenvalue weighted by Gasteiger charge is -2.20. The van der Waals surface area contributed by atoms with Gasteiger partial charge in [0.2, 0.25) is 0 Å². The summed E-state index contributed by atoms with van der Waals surface area (Å²) in [4.78, 5) is 35.9. The molecule has 0 bridgehead atoms. The van der Waals surface area contributed by atoms with Crippen LogP contribution in [0.4, 0.5) is 5.69 Å². The Hall–Kier alpha value is -2.95. The van der Waals surface area contributed by atoms with E-state index in [1.165, 1.54) is 0 Å². The fourth-order valence-corrected chi connectivity index (χ4v) is 2.92. The average molecular weight is 323 g/mol. The van der Waals surface area contributed by atoms with Gasteiger partial charge in [-0.3, -0.25) is 14.4 Å². The van der Waals surface area contributed by atoms with Gasteiger partial charge in [0.05, 0.1) is 5.56 Å². The lowest BCUT2D eigenvalue weighted by molar-refractivity contribution is -0.137. The van der Waals surface area contributed by atoms with Gasteiger partial charge in [-0.15, -0.1) is 0 Å². The summed E-state index contributed by atoms with van der Waals surface area (Å²) >= 11 is 0. The Balaban J connectivity index is 1.83. The highest BCUT2D eigenvalue weighted by Gasteiger charge is 2.31. The quantitative estimate of drug-likeness (QED) is 0.681. The minimum Gasteiger partial charge on any atom is -0.481 e. The Labute approximate surface area is 139 Å². The van der Waals surface area contributed by atoms with Gasteiger partial charge in [0.15, 0.2) is 11.6 Å². The molecule has 1 aliphatic carbocycles. The Morgan fingerprint density at radius 1 is 0.875 bits per heavy atom. The van der Waals surface area contributed by atoms with Crippen LogP contribution in [0.1, 0.15) is 51.1 Å². The van der Waals surface area contributed by atoms with Crippen LogP contribution >= 0.6 is 0 Å². The minimum atomic E-state index is -0.815. The fraction of sp³-hybridized carbons (Fsp3) is 0.211. The van der Waals surface area contributed by atoms with Crippen LogP contribution in [0.15, 0.2) is 42.5 Å². The van der Waals surface area contributed by atoms with Gasteiger partial charge >= 0.3 is 5.97 Å². The molecule has 1 aliphatic rings. The third kappa shape index (κ3) is 2.93. The van der Waals surface area contributed by atoms with Crippen molar-refractivity contribution in [2.24, 2.45) is 0 Å². The van der Waals surface area contributed by atoms with Gasteiger partial charge in [0.1, 0.15) is 0 Å². The molecule has 0 amide bonds. The predicted molar refractivity (Wildman–Crippen MR) is 89.7 cm³/mol. The summed E-state index contributed by atoms with van der Waals surface area (Å²) in [5.74, 6) is -1.12. The number of carboxylic acids is 1. The molecule has 0 saturated carbocycles. The Kier molecular flexibility index (Phi) is 4.42. The number of carbonyl (C=O) groups is 3. The molecule has 2 aromatic carbocycles. The lowest BCUT2D eigenvalue weighted by Crippen LogP contribution is -2.22. The number of anilines is 1. The second kappa shape index (κ2) is 6.66. The standard InChI is InChI=1S/C19H17NO4/c21-16(22)10-3-4-11-20-15-9-5-8-14-17(15)19(24)13-7-2-1-6-12(13)18(14)23/h1-2,5-9,20H,3-4,10-11H2,(H,21,22). The maximum Gasteiger partial charge on any atom is 0.303 e. The van der Waals surface area contributed by atoms with E-state index in [0.29, 0.717) is 47.3 Å². The summed E-state index contributed by atoms with van der Waals surface area (Å²) in [6, 6.07) is 12.0. The van der Waals surface area contributed by atoms with Crippen molar-refractivity contribution >= 4 is 23.2 Å². The lowest BCUT2D eigenvalue weighted by atomic mass is 9.83. The van der Waals surface area contributed by atoms with Crippen molar-refractivity contribution in [2.75, 3.05) is 11.9 Å². The molecule has 3 rings (SSSR count). The van der Waals surface area contributed by atoms with Gasteiger partial charge in [-0.2, -0.15) is 0 Å². The van der Waals surface area contributed by atoms with Gasteiger partial charge in [-0.05, 0) is 18.9 Å². The van der Waals surface area contributed by atoms with Crippen molar-refractivity contribution in [3.63, 3.8) is 0 Å². The Morgan fingerprint density at radius 2 is 1.54 bits per heavy atom.